The van der Waals surface area contributed by atoms with Crippen molar-refractivity contribution in [3.63, 3.8) is 0 Å². The molecule has 0 bridgehead atoms. The molecule has 1 unspecified atom stereocenters. The number of hydrogen-bond acceptors (Lipinski definition) is 4. The van der Waals surface area contributed by atoms with E-state index in [1.54, 1.807) is 30.5 Å². The van der Waals surface area contributed by atoms with Crippen LogP contribution in [0, 0.1) is 17.7 Å². The molecule has 1 aromatic heterocycles. The maximum atomic E-state index is 14.2. The van der Waals surface area contributed by atoms with E-state index in [0.29, 0.717) is 36.1 Å². The van der Waals surface area contributed by atoms with E-state index in [2.05, 4.69) is 22.5 Å². The molecule has 8 heteroatoms. The van der Waals surface area contributed by atoms with E-state index in [9.17, 15) is 9.18 Å². The number of pyridine rings is 1. The summed E-state index contributed by atoms with van der Waals surface area (Å²) in [6.07, 6.45) is 5.91. The van der Waals surface area contributed by atoms with Gasteiger partial charge >= 0.3 is 0 Å². The number of nitrogens with zero attached hydrogens (tertiary/aromatic N) is 1. The summed E-state index contributed by atoms with van der Waals surface area (Å²) in [5.74, 6) is 1.12. The second-order valence-electron chi connectivity index (χ2n) is 7.10. The second kappa shape index (κ2) is 12.6. The number of amides is 1. The summed E-state index contributed by atoms with van der Waals surface area (Å²) in [7, 11) is 0. The molecule has 2 heterocycles. The van der Waals surface area contributed by atoms with Crippen molar-refractivity contribution in [1.82, 2.24) is 15.6 Å². The van der Waals surface area contributed by atoms with Gasteiger partial charge in [-0.15, -0.1) is 24.8 Å². The van der Waals surface area contributed by atoms with Gasteiger partial charge in [-0.1, -0.05) is 13.0 Å². The number of rotatable bonds is 7. The van der Waals surface area contributed by atoms with Gasteiger partial charge in [0.15, 0.2) is 11.6 Å². The molecule has 1 saturated heterocycles. The molecule has 1 aromatic carbocycles. The van der Waals surface area contributed by atoms with Crippen molar-refractivity contribution in [2.24, 2.45) is 11.8 Å². The van der Waals surface area contributed by atoms with E-state index < -0.39 is 5.82 Å². The monoisotopic (exact) mass is 443 g/mol. The van der Waals surface area contributed by atoms with Crippen molar-refractivity contribution in [1.29, 1.82) is 0 Å². The Hall–Kier alpha value is -1.89. The van der Waals surface area contributed by atoms with E-state index in [1.165, 1.54) is 12.3 Å². The van der Waals surface area contributed by atoms with E-state index in [-0.39, 0.29) is 36.5 Å². The molecule has 0 spiro atoms. The first-order valence-electron chi connectivity index (χ1n) is 9.45. The number of ether oxygens (including phenoxy) is 1. The van der Waals surface area contributed by atoms with E-state index >= 15 is 0 Å². The Balaban J connectivity index is 0.00000210. The molecule has 29 heavy (non-hydrogen) atoms. The van der Waals surface area contributed by atoms with Crippen molar-refractivity contribution in [2.45, 2.75) is 32.7 Å². The lowest BCUT2D eigenvalue weighted by molar-refractivity contribution is -0.122. The number of hydrogen-bond donors (Lipinski definition) is 2. The average Bonchev–Trinajstić information content (AvgIpc) is 2.70. The van der Waals surface area contributed by atoms with Gasteiger partial charge in [0.1, 0.15) is 5.75 Å². The lowest BCUT2D eigenvalue weighted by Crippen LogP contribution is -2.33. The minimum absolute atomic E-state index is 0. The summed E-state index contributed by atoms with van der Waals surface area (Å²) in [4.78, 5) is 16.1. The van der Waals surface area contributed by atoms with Crippen molar-refractivity contribution < 1.29 is 13.9 Å². The van der Waals surface area contributed by atoms with Crippen LogP contribution in [0.25, 0.3) is 0 Å². The van der Waals surface area contributed by atoms with Crippen molar-refractivity contribution in [2.75, 3.05) is 13.1 Å². The van der Waals surface area contributed by atoms with Crippen LogP contribution in [0.1, 0.15) is 31.7 Å². The summed E-state index contributed by atoms with van der Waals surface area (Å²) < 4.78 is 19.7. The SMILES string of the molecule is CC(CC(=O)NCc1ccc(Oc2cccnc2)c(F)c1)C1CCNCC1.Cl.Cl. The number of nitrogens with one attached hydrogen (secondary N) is 2. The number of benzene rings is 1. The molecule has 0 aliphatic carbocycles. The van der Waals surface area contributed by atoms with Crippen LogP contribution in [0.3, 0.4) is 0 Å². The lowest BCUT2D eigenvalue weighted by atomic mass is 9.84. The molecule has 1 fully saturated rings. The zero-order chi connectivity index (χ0) is 19.1. The molecule has 1 aliphatic rings. The maximum absolute atomic E-state index is 14.2. The fraction of sp³-hybridized carbons (Fsp3) is 0.429. The molecule has 0 saturated carbocycles. The highest BCUT2D eigenvalue weighted by atomic mass is 35.5. The zero-order valence-corrected chi connectivity index (χ0v) is 18.0. The maximum Gasteiger partial charge on any atom is 0.220 e. The van der Waals surface area contributed by atoms with Crippen LogP contribution >= 0.6 is 24.8 Å². The number of aromatic nitrogens is 1. The zero-order valence-electron chi connectivity index (χ0n) is 16.4. The summed E-state index contributed by atoms with van der Waals surface area (Å²) >= 11 is 0. The minimum atomic E-state index is -0.464. The molecule has 3 rings (SSSR count). The minimum Gasteiger partial charge on any atom is -0.453 e. The topological polar surface area (TPSA) is 63.2 Å². The van der Waals surface area contributed by atoms with Gasteiger partial charge in [0.25, 0.3) is 0 Å². The number of piperidine rings is 1. The highest BCUT2D eigenvalue weighted by molar-refractivity contribution is 5.85. The molecule has 1 amide bonds. The summed E-state index contributed by atoms with van der Waals surface area (Å²) in [5, 5.41) is 6.24. The van der Waals surface area contributed by atoms with Crippen molar-refractivity contribution in [3.8, 4) is 11.5 Å². The van der Waals surface area contributed by atoms with Crippen LogP contribution in [0.4, 0.5) is 4.39 Å². The quantitative estimate of drug-likeness (QED) is 0.660. The highest BCUT2D eigenvalue weighted by Crippen LogP contribution is 2.25. The molecule has 5 nitrogen and oxygen atoms in total. The average molecular weight is 444 g/mol. The fourth-order valence-corrected chi connectivity index (χ4v) is 3.42. The van der Waals surface area contributed by atoms with E-state index in [4.69, 9.17) is 4.74 Å². The summed E-state index contributed by atoms with van der Waals surface area (Å²) in [5.41, 5.74) is 0.703. The number of halogens is 3. The van der Waals surface area contributed by atoms with Crippen LogP contribution in [0.5, 0.6) is 11.5 Å². The predicted molar refractivity (Wildman–Crippen MR) is 116 cm³/mol. The Morgan fingerprint density at radius 2 is 2.07 bits per heavy atom. The summed E-state index contributed by atoms with van der Waals surface area (Å²) in [6, 6.07) is 8.15. The molecule has 2 aromatic rings. The van der Waals surface area contributed by atoms with Gasteiger partial charge in [-0.2, -0.15) is 0 Å². The third kappa shape index (κ3) is 7.80. The third-order valence-corrected chi connectivity index (χ3v) is 5.04. The van der Waals surface area contributed by atoms with Gasteiger partial charge in [-0.05, 0) is 67.6 Å². The Morgan fingerprint density at radius 3 is 2.72 bits per heavy atom. The Morgan fingerprint density at radius 1 is 1.31 bits per heavy atom. The standard InChI is InChI=1S/C21H26FN3O2.2ClH/c1-15(17-6-9-23-10-7-17)11-21(26)25-13-16-4-5-20(19(22)12-16)27-18-3-2-8-24-14-18;;/h2-5,8,12,14-15,17,23H,6-7,9-11,13H2,1H3,(H,25,26);2*1H. The van der Waals surface area contributed by atoms with Gasteiger partial charge in [0.2, 0.25) is 5.91 Å². The van der Waals surface area contributed by atoms with Gasteiger partial charge in [0.05, 0.1) is 6.20 Å². The van der Waals surface area contributed by atoms with Crippen LogP contribution in [0.15, 0.2) is 42.7 Å². The number of carbonyl (C=O) groups excluding carboxylic acids is 1. The molecular formula is C21H28Cl2FN3O2. The van der Waals surface area contributed by atoms with Crippen LogP contribution < -0.4 is 15.4 Å². The first kappa shape index (κ1) is 25.1. The van der Waals surface area contributed by atoms with Crippen molar-refractivity contribution >= 4 is 30.7 Å². The molecule has 2 N–H and O–H groups in total. The smallest absolute Gasteiger partial charge is 0.220 e. The predicted octanol–water partition coefficient (Wildman–Crippen LogP) is 4.50. The molecule has 160 valence electrons. The molecule has 1 aliphatic heterocycles. The number of carbonyl (C=O) groups is 1. The largest absolute Gasteiger partial charge is 0.453 e. The Bertz CT molecular complexity index is 759. The van der Waals surface area contributed by atoms with Gasteiger partial charge in [0, 0.05) is 19.2 Å². The second-order valence-corrected chi connectivity index (χ2v) is 7.10. The normalized spacial score (nSPS) is 14.8. The fourth-order valence-electron chi connectivity index (χ4n) is 3.42. The van der Waals surface area contributed by atoms with Crippen molar-refractivity contribution in [3.05, 3.63) is 54.1 Å². The first-order valence-corrected chi connectivity index (χ1v) is 9.45. The molecule has 0 radical (unpaired) electrons. The van der Waals surface area contributed by atoms with Gasteiger partial charge in [-0.3, -0.25) is 9.78 Å². The van der Waals surface area contributed by atoms with Crippen LogP contribution in [0.2, 0.25) is 0 Å². The van der Waals surface area contributed by atoms with Gasteiger partial charge in [-0.25, -0.2) is 4.39 Å². The first-order chi connectivity index (χ1) is 13.1. The third-order valence-electron chi connectivity index (χ3n) is 5.04. The van der Waals surface area contributed by atoms with E-state index in [1.807, 2.05) is 0 Å². The van der Waals surface area contributed by atoms with Crippen LogP contribution in [-0.2, 0) is 11.3 Å². The Kier molecular flexibility index (Phi) is 10.9. The van der Waals surface area contributed by atoms with Gasteiger partial charge < -0.3 is 15.4 Å². The van der Waals surface area contributed by atoms with Crippen LogP contribution in [-0.4, -0.2) is 24.0 Å². The highest BCUT2D eigenvalue weighted by Gasteiger charge is 2.21. The lowest BCUT2D eigenvalue weighted by Gasteiger charge is -2.27. The summed E-state index contributed by atoms with van der Waals surface area (Å²) in [6.45, 7) is 4.51. The molecular weight excluding hydrogens is 416 g/mol. The Labute approximate surface area is 183 Å². The molecule has 1 atom stereocenters. The van der Waals surface area contributed by atoms with E-state index in [0.717, 1.165) is 25.9 Å².